The summed E-state index contributed by atoms with van der Waals surface area (Å²) in [6.45, 7) is 0.842. The smallest absolute Gasteiger partial charge is 0.459 e. The van der Waals surface area contributed by atoms with E-state index in [9.17, 15) is 24.4 Å². The van der Waals surface area contributed by atoms with Crippen molar-refractivity contribution < 1.29 is 42.8 Å². The molecule has 0 radical (unpaired) electrons. The average Bonchev–Trinajstić information content (AvgIpc) is 3.14. The van der Waals surface area contributed by atoms with Crippen molar-refractivity contribution in [2.75, 3.05) is 19.5 Å². The van der Waals surface area contributed by atoms with E-state index in [4.69, 9.17) is 24.3 Å². The second-order valence-electron chi connectivity index (χ2n) is 8.44. The molecule has 5 rings (SSSR count). The number of benzene rings is 1. The van der Waals surface area contributed by atoms with Crippen LogP contribution in [0.4, 0.5) is 5.95 Å². The number of aromatic amines is 1. The number of para-hydroxylation sites is 1. The third-order valence-corrected chi connectivity index (χ3v) is 7.60. The Bertz CT molecular complexity index is 1450. The predicted molar refractivity (Wildman–Crippen MR) is 124 cm³/mol. The summed E-state index contributed by atoms with van der Waals surface area (Å²) in [5, 5.41) is 28.2. The summed E-state index contributed by atoms with van der Waals surface area (Å²) in [6.07, 6.45) is -2.94. The molecule has 0 bridgehead atoms. The number of H-pyrrole nitrogens is 1. The van der Waals surface area contributed by atoms with Crippen LogP contribution in [0.15, 0.2) is 47.3 Å². The molecule has 0 spiro atoms. The first-order chi connectivity index (χ1) is 17.5. The quantitative estimate of drug-likeness (QED) is 0.134. The van der Waals surface area contributed by atoms with E-state index in [1.807, 2.05) is 0 Å². The topological polar surface area (TPSA) is 212 Å². The second kappa shape index (κ2) is 8.92. The molecule has 2 fully saturated rings. The Morgan fingerprint density at radius 2 is 2.08 bits per heavy atom. The number of nitrogen functional groups attached to an aromatic ring is 1. The van der Waals surface area contributed by atoms with Gasteiger partial charge in [-0.05, 0) is 31.2 Å². The first-order valence-corrected chi connectivity index (χ1v) is 12.6. The molecule has 2 aliphatic rings. The molecule has 6 atom stereocenters. The van der Waals surface area contributed by atoms with Crippen molar-refractivity contribution in [3.8, 4) is 5.75 Å². The Hall–Kier alpha value is -3.30. The van der Waals surface area contributed by atoms with Gasteiger partial charge in [0.05, 0.1) is 13.7 Å². The summed E-state index contributed by atoms with van der Waals surface area (Å²) in [6, 6.07) is 9.82. The maximum Gasteiger partial charge on any atom is 0.459 e. The Morgan fingerprint density at radius 1 is 1.35 bits per heavy atom. The number of aliphatic hydroxyl groups excluding tert-OH is 1. The highest BCUT2D eigenvalue weighted by Crippen LogP contribution is 2.63. The van der Waals surface area contributed by atoms with Crippen LogP contribution >= 0.6 is 7.75 Å². The van der Waals surface area contributed by atoms with E-state index in [1.54, 1.807) is 18.2 Å². The van der Waals surface area contributed by atoms with Gasteiger partial charge in [0.1, 0.15) is 35.2 Å². The number of carbonyl (C=O) groups excluding carboxylic acids is 1. The van der Waals surface area contributed by atoms with Crippen molar-refractivity contribution in [3.05, 3.63) is 58.5 Å². The number of epoxide rings is 1. The number of carbonyl (C=O) groups is 1. The minimum atomic E-state index is -4.25. The van der Waals surface area contributed by atoms with Crippen LogP contribution in [-0.4, -0.2) is 68.5 Å². The number of ether oxygens (including phenoxy) is 3. The number of hydrogen-bond donors (Lipinski definition) is 5. The summed E-state index contributed by atoms with van der Waals surface area (Å²) in [7, 11) is -3.08. The van der Waals surface area contributed by atoms with Crippen molar-refractivity contribution in [2.24, 2.45) is 0 Å². The number of nitrogens with zero attached hydrogens (tertiary/aromatic N) is 2. The van der Waals surface area contributed by atoms with Crippen LogP contribution < -0.4 is 20.9 Å². The molecule has 0 aliphatic carbocycles. The first kappa shape index (κ1) is 25.4. The summed E-state index contributed by atoms with van der Waals surface area (Å²) < 4.78 is 41.6. The highest BCUT2D eigenvalue weighted by molar-refractivity contribution is 7.52. The second-order valence-corrected chi connectivity index (χ2v) is 10.1. The highest BCUT2D eigenvalue weighted by Gasteiger charge is 2.84. The minimum absolute atomic E-state index is 0.0884. The number of aromatic nitrogens is 3. The number of esters is 1. The molecule has 6 N–H and O–H groups in total. The highest BCUT2D eigenvalue weighted by atomic mass is 31.2. The van der Waals surface area contributed by atoms with Crippen LogP contribution in [0.2, 0.25) is 0 Å². The molecule has 0 saturated carbocycles. The SMILES string of the molecule is COC(=O)[C@H](C)NP(=O)(OC[C@H]1O[C@]2(c3ccc4c(=O)[nH]c(N)nn34)O[C@@]2(O)[C@@H]1O)Oc1ccccc1. The summed E-state index contributed by atoms with van der Waals surface area (Å²) in [4.78, 5) is 26.4. The first-order valence-electron chi connectivity index (χ1n) is 11.0. The summed E-state index contributed by atoms with van der Waals surface area (Å²) in [5.41, 5.74) is 5.28. The molecule has 3 aromatic rings. The van der Waals surface area contributed by atoms with E-state index in [1.165, 1.54) is 38.3 Å². The third kappa shape index (κ3) is 4.20. The van der Waals surface area contributed by atoms with Crippen molar-refractivity contribution in [3.63, 3.8) is 0 Å². The van der Waals surface area contributed by atoms with Gasteiger partial charge in [0.2, 0.25) is 5.95 Å². The maximum atomic E-state index is 13.5. The zero-order valence-electron chi connectivity index (χ0n) is 19.6. The van der Waals surface area contributed by atoms with Crippen molar-refractivity contribution >= 4 is 25.2 Å². The van der Waals surface area contributed by atoms with Gasteiger partial charge in [-0.1, -0.05) is 18.2 Å². The van der Waals surface area contributed by atoms with Crippen molar-refractivity contribution in [1.82, 2.24) is 19.7 Å². The molecule has 1 unspecified atom stereocenters. The lowest BCUT2D eigenvalue weighted by Crippen LogP contribution is -2.39. The molecular formula is C21H24N5O10P. The van der Waals surface area contributed by atoms with Crippen LogP contribution in [0.1, 0.15) is 12.6 Å². The van der Waals surface area contributed by atoms with Gasteiger partial charge in [0.25, 0.3) is 17.1 Å². The van der Waals surface area contributed by atoms with Gasteiger partial charge in [-0.2, -0.15) is 5.09 Å². The lowest BCUT2D eigenvalue weighted by Gasteiger charge is -2.25. The van der Waals surface area contributed by atoms with Crippen LogP contribution in [-0.2, 0) is 33.9 Å². The molecule has 16 heteroatoms. The Labute approximate surface area is 208 Å². The molecule has 0 amide bonds. The van der Waals surface area contributed by atoms with Crippen LogP contribution in [0.5, 0.6) is 5.75 Å². The fraction of sp³-hybridized carbons (Fsp3) is 0.381. The van der Waals surface area contributed by atoms with Crippen LogP contribution in [0.3, 0.4) is 0 Å². The lowest BCUT2D eigenvalue weighted by atomic mass is 10.1. The number of anilines is 1. The van der Waals surface area contributed by atoms with Gasteiger partial charge in [-0.15, -0.1) is 5.10 Å². The van der Waals surface area contributed by atoms with E-state index >= 15 is 0 Å². The molecule has 2 saturated heterocycles. The summed E-state index contributed by atoms with van der Waals surface area (Å²) >= 11 is 0. The normalized spacial score (nSPS) is 28.9. The number of fused-ring (bicyclic) bond motifs is 2. The Balaban J connectivity index is 1.38. The zero-order valence-corrected chi connectivity index (χ0v) is 20.5. The molecule has 2 aromatic heterocycles. The van der Waals surface area contributed by atoms with E-state index in [-0.39, 0.29) is 22.9 Å². The lowest BCUT2D eigenvalue weighted by molar-refractivity contribution is -0.158. The summed E-state index contributed by atoms with van der Waals surface area (Å²) in [5.74, 6) is -4.86. The molecular weight excluding hydrogens is 513 g/mol. The van der Waals surface area contributed by atoms with Gasteiger partial charge in [0.15, 0.2) is 0 Å². The van der Waals surface area contributed by atoms with Gasteiger partial charge in [0, 0.05) is 0 Å². The largest absolute Gasteiger partial charge is 0.468 e. The molecule has 2 aliphatic heterocycles. The number of rotatable bonds is 9. The molecule has 37 heavy (non-hydrogen) atoms. The number of nitrogens with one attached hydrogen (secondary N) is 2. The third-order valence-electron chi connectivity index (χ3n) is 5.96. The average molecular weight is 537 g/mol. The Kier molecular flexibility index (Phi) is 6.11. The van der Waals surface area contributed by atoms with E-state index in [0.717, 1.165) is 4.52 Å². The zero-order chi connectivity index (χ0) is 26.6. The Morgan fingerprint density at radius 3 is 2.78 bits per heavy atom. The fourth-order valence-corrected chi connectivity index (χ4v) is 5.63. The maximum absolute atomic E-state index is 13.5. The molecule has 198 valence electrons. The van der Waals surface area contributed by atoms with E-state index in [0.29, 0.717) is 0 Å². The van der Waals surface area contributed by atoms with Gasteiger partial charge < -0.3 is 29.9 Å². The number of nitrogens with two attached hydrogens (primary N) is 1. The predicted octanol–water partition coefficient (Wildman–Crippen LogP) is -0.409. The van der Waals surface area contributed by atoms with Gasteiger partial charge >= 0.3 is 13.7 Å². The number of hydrogen-bond acceptors (Lipinski definition) is 12. The van der Waals surface area contributed by atoms with Crippen molar-refractivity contribution in [2.45, 2.75) is 36.7 Å². The van der Waals surface area contributed by atoms with Gasteiger partial charge in [-0.25, -0.2) is 9.08 Å². The molecule has 15 nitrogen and oxygen atoms in total. The monoisotopic (exact) mass is 537 g/mol. The molecule has 4 heterocycles. The number of aliphatic hydroxyl groups is 2. The number of methoxy groups -OCH3 is 1. The van der Waals surface area contributed by atoms with E-state index in [2.05, 4.69) is 19.9 Å². The van der Waals surface area contributed by atoms with Gasteiger partial charge in [-0.3, -0.25) is 23.8 Å². The van der Waals surface area contributed by atoms with E-state index < -0.39 is 55.7 Å². The minimum Gasteiger partial charge on any atom is -0.468 e. The molecule has 1 aromatic carbocycles. The van der Waals surface area contributed by atoms with Crippen molar-refractivity contribution in [1.29, 1.82) is 0 Å². The fourth-order valence-electron chi connectivity index (χ4n) is 4.13. The standard InChI is InChI=1S/C21H24N5O10P/c1-11(18(29)32-2)25-37(31,35-12-6-4-3-5-7-12)33-10-14-16(27)20(30)21(34-14,36-20)15-9-8-13-17(28)23-19(22)24-26(13)15/h3-9,11,14,16,27,30H,10H2,1-2H3,(H,25,31)(H3,22,23,24,28)/t11-,14+,16+,20-,21+,37?/m0/s1. The van der Waals surface area contributed by atoms with Crippen LogP contribution in [0.25, 0.3) is 5.52 Å². The van der Waals surface area contributed by atoms with Crippen LogP contribution in [0, 0.1) is 0 Å².